The van der Waals surface area contributed by atoms with Crippen molar-refractivity contribution in [1.82, 2.24) is 10.2 Å². The third-order valence-electron chi connectivity index (χ3n) is 4.56. The zero-order valence-electron chi connectivity index (χ0n) is 13.7. The fourth-order valence-corrected chi connectivity index (χ4v) is 3.19. The number of hydrogen-bond donors (Lipinski definition) is 1. The van der Waals surface area contributed by atoms with Crippen LogP contribution in [0.1, 0.15) is 59.8 Å². The Morgan fingerprint density at radius 1 is 1.15 bits per heavy atom. The molecule has 0 amide bonds. The Bertz CT molecular complexity index is 338. The minimum absolute atomic E-state index is 0.354. The van der Waals surface area contributed by atoms with Crippen molar-refractivity contribution in [3.63, 3.8) is 0 Å². The van der Waals surface area contributed by atoms with Crippen molar-refractivity contribution in [1.29, 1.82) is 5.26 Å². The predicted octanol–water partition coefficient (Wildman–Crippen LogP) is 3.17. The number of nitriles is 1. The van der Waals surface area contributed by atoms with Crippen LogP contribution in [0.2, 0.25) is 0 Å². The van der Waals surface area contributed by atoms with Gasteiger partial charge in [-0.15, -0.1) is 0 Å². The normalized spacial score (nSPS) is 23.6. The van der Waals surface area contributed by atoms with Gasteiger partial charge in [-0.05, 0) is 71.6 Å². The van der Waals surface area contributed by atoms with Crippen molar-refractivity contribution >= 4 is 0 Å². The van der Waals surface area contributed by atoms with Crippen LogP contribution < -0.4 is 5.32 Å². The van der Waals surface area contributed by atoms with Gasteiger partial charge >= 0.3 is 0 Å². The molecule has 0 aromatic heterocycles. The van der Waals surface area contributed by atoms with Gasteiger partial charge in [-0.25, -0.2) is 0 Å². The molecule has 0 heterocycles. The van der Waals surface area contributed by atoms with Gasteiger partial charge in [0.1, 0.15) is 5.54 Å². The molecule has 2 rings (SSSR count). The van der Waals surface area contributed by atoms with E-state index in [1.807, 2.05) is 0 Å². The standard InChI is InChI=1S/C17H31N3/c1-13(2)19-17(4,12-18)9-14(3)20(10-15-5-6-15)11-16-7-8-16/h13-16,19H,5-11H2,1-4H3. The maximum atomic E-state index is 9.52. The van der Waals surface area contributed by atoms with Crippen LogP contribution in [-0.2, 0) is 0 Å². The molecule has 2 atom stereocenters. The summed E-state index contributed by atoms with van der Waals surface area (Å²) in [5.74, 6) is 1.87. The van der Waals surface area contributed by atoms with E-state index in [0.29, 0.717) is 12.1 Å². The smallest absolute Gasteiger partial charge is 0.105 e. The fourth-order valence-electron chi connectivity index (χ4n) is 3.19. The summed E-state index contributed by atoms with van der Waals surface area (Å²) in [5, 5.41) is 13.0. The van der Waals surface area contributed by atoms with E-state index in [2.05, 4.69) is 44.0 Å². The molecular weight excluding hydrogens is 246 g/mol. The summed E-state index contributed by atoms with van der Waals surface area (Å²) in [6.07, 6.45) is 6.56. The maximum absolute atomic E-state index is 9.52. The second-order valence-corrected chi connectivity index (χ2v) is 7.64. The van der Waals surface area contributed by atoms with Gasteiger partial charge in [-0.3, -0.25) is 5.32 Å². The Balaban J connectivity index is 1.90. The lowest BCUT2D eigenvalue weighted by molar-refractivity contribution is 0.160. The van der Waals surface area contributed by atoms with E-state index in [-0.39, 0.29) is 0 Å². The predicted molar refractivity (Wildman–Crippen MR) is 83.4 cm³/mol. The van der Waals surface area contributed by atoms with Crippen LogP contribution in [-0.4, -0.2) is 35.6 Å². The average Bonchev–Trinajstić information content (AvgIpc) is 3.21. The number of nitrogens with zero attached hydrogens (tertiary/aromatic N) is 2. The molecule has 2 aliphatic rings. The van der Waals surface area contributed by atoms with Gasteiger partial charge in [0.05, 0.1) is 6.07 Å². The first kappa shape index (κ1) is 15.8. The van der Waals surface area contributed by atoms with E-state index in [1.54, 1.807) is 0 Å². The number of nitrogens with one attached hydrogen (secondary N) is 1. The van der Waals surface area contributed by atoms with Crippen molar-refractivity contribution in [3.05, 3.63) is 0 Å². The largest absolute Gasteiger partial charge is 0.300 e. The summed E-state index contributed by atoms with van der Waals surface area (Å²) in [6, 6.07) is 3.34. The van der Waals surface area contributed by atoms with Crippen molar-refractivity contribution in [2.75, 3.05) is 13.1 Å². The van der Waals surface area contributed by atoms with Crippen molar-refractivity contribution in [3.8, 4) is 6.07 Å². The molecule has 0 aliphatic heterocycles. The topological polar surface area (TPSA) is 39.1 Å². The van der Waals surface area contributed by atoms with Crippen molar-refractivity contribution in [2.24, 2.45) is 11.8 Å². The molecule has 2 unspecified atom stereocenters. The lowest BCUT2D eigenvalue weighted by atomic mass is 9.93. The molecule has 3 nitrogen and oxygen atoms in total. The summed E-state index contributed by atoms with van der Waals surface area (Å²) in [7, 11) is 0. The second kappa shape index (κ2) is 6.45. The fraction of sp³-hybridized carbons (Fsp3) is 0.941. The Hall–Kier alpha value is -0.590. The van der Waals surface area contributed by atoms with E-state index in [4.69, 9.17) is 0 Å². The van der Waals surface area contributed by atoms with Crippen molar-refractivity contribution < 1.29 is 0 Å². The van der Waals surface area contributed by atoms with Gasteiger partial charge in [0.2, 0.25) is 0 Å². The molecule has 0 bridgehead atoms. The molecular formula is C17H31N3. The number of rotatable bonds is 9. The van der Waals surface area contributed by atoms with Crippen LogP contribution in [0.4, 0.5) is 0 Å². The summed E-state index contributed by atoms with van der Waals surface area (Å²) < 4.78 is 0. The minimum Gasteiger partial charge on any atom is -0.300 e. The molecule has 1 N–H and O–H groups in total. The molecule has 2 fully saturated rings. The highest BCUT2D eigenvalue weighted by Gasteiger charge is 2.34. The second-order valence-electron chi connectivity index (χ2n) is 7.64. The van der Waals surface area contributed by atoms with Crippen LogP contribution in [0.3, 0.4) is 0 Å². The van der Waals surface area contributed by atoms with Gasteiger partial charge in [0.25, 0.3) is 0 Å². The summed E-state index contributed by atoms with van der Waals surface area (Å²) in [6.45, 7) is 11.1. The Kier molecular flexibility index (Phi) is 5.09. The Morgan fingerprint density at radius 3 is 2.00 bits per heavy atom. The van der Waals surface area contributed by atoms with Crippen LogP contribution >= 0.6 is 0 Å². The van der Waals surface area contributed by atoms with E-state index < -0.39 is 5.54 Å². The first-order valence-corrected chi connectivity index (χ1v) is 8.35. The lowest BCUT2D eigenvalue weighted by Crippen LogP contribution is -2.50. The number of hydrogen-bond acceptors (Lipinski definition) is 3. The highest BCUT2D eigenvalue weighted by atomic mass is 15.2. The summed E-state index contributed by atoms with van der Waals surface area (Å²) in [4.78, 5) is 2.66. The van der Waals surface area contributed by atoms with Gasteiger partial charge in [-0.2, -0.15) is 5.26 Å². The zero-order valence-corrected chi connectivity index (χ0v) is 13.7. The van der Waals surface area contributed by atoms with Crippen LogP contribution in [0.5, 0.6) is 0 Å². The molecule has 2 saturated carbocycles. The van der Waals surface area contributed by atoms with Crippen LogP contribution in [0.25, 0.3) is 0 Å². The third kappa shape index (κ3) is 5.07. The highest BCUT2D eigenvalue weighted by Crippen LogP contribution is 2.35. The monoisotopic (exact) mass is 277 g/mol. The van der Waals surface area contributed by atoms with Gasteiger partial charge < -0.3 is 4.90 Å². The summed E-state index contributed by atoms with van der Waals surface area (Å²) in [5.41, 5.74) is -0.404. The molecule has 0 saturated heterocycles. The van der Waals surface area contributed by atoms with Gasteiger partial charge in [-0.1, -0.05) is 0 Å². The molecule has 0 aromatic rings. The van der Waals surface area contributed by atoms with E-state index >= 15 is 0 Å². The Labute approximate surface area is 124 Å². The molecule has 114 valence electrons. The van der Waals surface area contributed by atoms with E-state index in [9.17, 15) is 5.26 Å². The molecule has 20 heavy (non-hydrogen) atoms. The third-order valence-corrected chi connectivity index (χ3v) is 4.56. The maximum Gasteiger partial charge on any atom is 0.105 e. The first-order valence-electron chi connectivity index (χ1n) is 8.35. The summed E-state index contributed by atoms with van der Waals surface area (Å²) >= 11 is 0. The van der Waals surface area contributed by atoms with E-state index in [1.165, 1.54) is 38.8 Å². The van der Waals surface area contributed by atoms with Crippen LogP contribution in [0, 0.1) is 23.2 Å². The average molecular weight is 277 g/mol. The van der Waals surface area contributed by atoms with E-state index in [0.717, 1.165) is 18.3 Å². The molecule has 3 heteroatoms. The SMILES string of the molecule is CC(C)NC(C)(C#N)CC(C)N(CC1CC1)CC1CC1. The molecule has 0 radical (unpaired) electrons. The van der Waals surface area contributed by atoms with Crippen molar-refractivity contribution in [2.45, 2.75) is 77.4 Å². The zero-order chi connectivity index (χ0) is 14.8. The molecule has 0 aromatic carbocycles. The van der Waals surface area contributed by atoms with Gasteiger partial charge in [0.15, 0.2) is 0 Å². The van der Waals surface area contributed by atoms with Gasteiger partial charge in [0, 0.05) is 25.2 Å². The van der Waals surface area contributed by atoms with Crippen LogP contribution in [0.15, 0.2) is 0 Å². The highest BCUT2D eigenvalue weighted by molar-refractivity contribution is 5.06. The molecule has 2 aliphatic carbocycles. The Morgan fingerprint density at radius 2 is 1.65 bits per heavy atom. The first-order chi connectivity index (χ1) is 9.42. The minimum atomic E-state index is -0.404. The molecule has 0 spiro atoms. The lowest BCUT2D eigenvalue weighted by Gasteiger charge is -2.35. The quantitative estimate of drug-likeness (QED) is 0.703.